The number of rotatable bonds is 6. The number of hydrogen-bond acceptors (Lipinski definition) is 5. The second-order valence-corrected chi connectivity index (χ2v) is 8.35. The van der Waals surface area contributed by atoms with E-state index in [-0.39, 0.29) is 5.91 Å². The van der Waals surface area contributed by atoms with E-state index in [0.29, 0.717) is 35.8 Å². The highest BCUT2D eigenvalue weighted by molar-refractivity contribution is 6.00. The lowest BCUT2D eigenvalue weighted by Gasteiger charge is -2.36. The molecule has 1 saturated heterocycles. The first-order valence-corrected chi connectivity index (χ1v) is 11.6. The fourth-order valence-corrected chi connectivity index (χ4v) is 4.41. The maximum Gasteiger partial charge on any atom is 0.257 e. The number of piperazine rings is 1. The van der Waals surface area contributed by atoms with Crippen LogP contribution in [0.4, 0.5) is 5.69 Å². The van der Waals surface area contributed by atoms with Crippen molar-refractivity contribution in [1.29, 1.82) is 0 Å². The van der Waals surface area contributed by atoms with Gasteiger partial charge in [-0.05, 0) is 36.4 Å². The number of ether oxygens (including phenoxy) is 2. The Hall–Kier alpha value is -4.26. The molecule has 0 bridgehead atoms. The molecule has 0 aliphatic carbocycles. The highest BCUT2D eigenvalue weighted by atomic mass is 16.5. The lowest BCUT2D eigenvalue weighted by molar-refractivity contribution is 0.0747. The third-order valence-electron chi connectivity index (χ3n) is 6.32. The Labute approximate surface area is 205 Å². The van der Waals surface area contributed by atoms with Gasteiger partial charge in [-0.3, -0.25) is 4.79 Å². The van der Waals surface area contributed by atoms with Gasteiger partial charge >= 0.3 is 0 Å². The van der Waals surface area contributed by atoms with Gasteiger partial charge in [-0.2, -0.15) is 5.10 Å². The smallest absolute Gasteiger partial charge is 0.257 e. The van der Waals surface area contributed by atoms with Gasteiger partial charge in [0, 0.05) is 49.7 Å². The second kappa shape index (κ2) is 9.93. The van der Waals surface area contributed by atoms with Gasteiger partial charge in [0.1, 0.15) is 17.2 Å². The molecule has 5 rings (SSSR count). The molecule has 0 saturated carbocycles. The number of amides is 1. The van der Waals surface area contributed by atoms with Crippen LogP contribution in [0.15, 0.2) is 85.1 Å². The molecule has 7 heteroatoms. The number of methoxy groups -OCH3 is 2. The fraction of sp³-hybridized carbons (Fsp3) is 0.214. The van der Waals surface area contributed by atoms with E-state index in [2.05, 4.69) is 17.0 Å². The van der Waals surface area contributed by atoms with Gasteiger partial charge in [0.2, 0.25) is 0 Å². The molecule has 1 aromatic heterocycles. The Morgan fingerprint density at radius 2 is 1.46 bits per heavy atom. The summed E-state index contributed by atoms with van der Waals surface area (Å²) in [5.74, 6) is 1.25. The molecule has 0 atom stereocenters. The van der Waals surface area contributed by atoms with Gasteiger partial charge < -0.3 is 19.3 Å². The van der Waals surface area contributed by atoms with E-state index in [1.54, 1.807) is 18.9 Å². The summed E-state index contributed by atoms with van der Waals surface area (Å²) in [5.41, 5.74) is 3.94. The van der Waals surface area contributed by atoms with E-state index in [4.69, 9.17) is 14.6 Å². The van der Waals surface area contributed by atoms with Crippen molar-refractivity contribution in [2.75, 3.05) is 45.3 Å². The average Bonchev–Trinajstić information content (AvgIpc) is 3.38. The minimum Gasteiger partial charge on any atom is -0.497 e. The zero-order valence-electron chi connectivity index (χ0n) is 19.9. The predicted molar refractivity (Wildman–Crippen MR) is 137 cm³/mol. The maximum absolute atomic E-state index is 13.8. The zero-order chi connectivity index (χ0) is 24.2. The summed E-state index contributed by atoms with van der Waals surface area (Å²) < 4.78 is 12.8. The van der Waals surface area contributed by atoms with Crippen LogP contribution in [0.2, 0.25) is 0 Å². The van der Waals surface area contributed by atoms with E-state index in [0.717, 1.165) is 24.3 Å². The molecule has 3 aromatic carbocycles. The molecule has 35 heavy (non-hydrogen) atoms. The first-order chi connectivity index (χ1) is 17.2. The molecular weight excluding hydrogens is 440 g/mol. The molecule has 2 heterocycles. The summed E-state index contributed by atoms with van der Waals surface area (Å²) in [6.45, 7) is 2.85. The number of anilines is 1. The molecule has 1 amide bonds. The van der Waals surface area contributed by atoms with Crippen LogP contribution in [-0.2, 0) is 0 Å². The van der Waals surface area contributed by atoms with Gasteiger partial charge in [-0.15, -0.1) is 0 Å². The minimum atomic E-state index is -0.0345. The number of hydrogen-bond donors (Lipinski definition) is 0. The van der Waals surface area contributed by atoms with Gasteiger partial charge in [0.05, 0.1) is 25.5 Å². The molecule has 0 spiro atoms. The normalized spacial score (nSPS) is 13.5. The molecule has 1 fully saturated rings. The lowest BCUT2D eigenvalue weighted by atomic mass is 10.1. The first-order valence-electron chi connectivity index (χ1n) is 11.6. The Kier molecular flexibility index (Phi) is 6.39. The molecule has 1 aliphatic rings. The highest BCUT2D eigenvalue weighted by Crippen LogP contribution is 2.35. The molecule has 7 nitrogen and oxygen atoms in total. The third kappa shape index (κ3) is 4.57. The topological polar surface area (TPSA) is 59.8 Å². The molecular formula is C28H28N4O3. The van der Waals surface area contributed by atoms with Crippen molar-refractivity contribution < 1.29 is 14.3 Å². The monoisotopic (exact) mass is 468 g/mol. The van der Waals surface area contributed by atoms with E-state index in [1.165, 1.54) is 5.69 Å². The molecule has 0 radical (unpaired) electrons. The molecule has 0 N–H and O–H groups in total. The number of nitrogens with zero attached hydrogens (tertiary/aromatic N) is 4. The van der Waals surface area contributed by atoms with Gasteiger partial charge in [0.25, 0.3) is 5.91 Å². The van der Waals surface area contributed by atoms with Crippen molar-refractivity contribution in [3.63, 3.8) is 0 Å². The van der Waals surface area contributed by atoms with Crippen molar-refractivity contribution in [3.8, 4) is 28.4 Å². The van der Waals surface area contributed by atoms with Crippen molar-refractivity contribution >= 4 is 11.6 Å². The Balaban J connectivity index is 1.48. The maximum atomic E-state index is 13.8. The van der Waals surface area contributed by atoms with Gasteiger partial charge in [0.15, 0.2) is 0 Å². The SMILES string of the molecule is COc1ccc(-c2nn(-c3ccccc3)cc2C(=O)N2CCN(c3ccccc3)CC2)c(OC)c1. The molecule has 4 aromatic rings. The van der Waals surface area contributed by atoms with E-state index in [1.807, 2.05) is 77.8 Å². The van der Waals surface area contributed by atoms with Crippen molar-refractivity contribution in [3.05, 3.63) is 90.6 Å². The quantitative estimate of drug-likeness (QED) is 0.417. The van der Waals surface area contributed by atoms with Crippen LogP contribution in [0.5, 0.6) is 11.5 Å². The van der Waals surface area contributed by atoms with Crippen LogP contribution in [-0.4, -0.2) is 61.0 Å². The largest absolute Gasteiger partial charge is 0.497 e. The summed E-state index contributed by atoms with van der Waals surface area (Å²) in [6, 6.07) is 25.7. The summed E-state index contributed by atoms with van der Waals surface area (Å²) >= 11 is 0. The van der Waals surface area contributed by atoms with Gasteiger partial charge in [-0.25, -0.2) is 4.68 Å². The Morgan fingerprint density at radius 3 is 2.09 bits per heavy atom. The summed E-state index contributed by atoms with van der Waals surface area (Å²) in [5, 5.41) is 4.83. The number of para-hydroxylation sites is 2. The Bertz CT molecular complexity index is 1300. The predicted octanol–water partition coefficient (Wildman–Crippen LogP) is 4.52. The summed E-state index contributed by atoms with van der Waals surface area (Å²) in [4.78, 5) is 18.0. The van der Waals surface area contributed by atoms with Crippen LogP contribution < -0.4 is 14.4 Å². The number of carbonyl (C=O) groups excluding carboxylic acids is 1. The van der Waals surface area contributed by atoms with Crippen LogP contribution >= 0.6 is 0 Å². The lowest BCUT2D eigenvalue weighted by Crippen LogP contribution is -2.48. The minimum absolute atomic E-state index is 0.0345. The van der Waals surface area contributed by atoms with Crippen molar-refractivity contribution in [2.24, 2.45) is 0 Å². The second-order valence-electron chi connectivity index (χ2n) is 8.35. The van der Waals surface area contributed by atoms with Crippen molar-refractivity contribution in [1.82, 2.24) is 14.7 Å². The molecule has 178 valence electrons. The standard InChI is InChI=1S/C28H28N4O3/c1-34-23-13-14-24(26(19-23)35-2)27-25(20-32(29-27)22-11-7-4-8-12-22)28(33)31-17-15-30(16-18-31)21-9-5-3-6-10-21/h3-14,19-20H,15-18H2,1-2H3. The van der Waals surface area contributed by atoms with Crippen molar-refractivity contribution in [2.45, 2.75) is 0 Å². The molecule has 0 unspecified atom stereocenters. The zero-order valence-corrected chi connectivity index (χ0v) is 19.9. The van der Waals surface area contributed by atoms with Crippen LogP contribution in [0.1, 0.15) is 10.4 Å². The van der Waals surface area contributed by atoms with Gasteiger partial charge in [-0.1, -0.05) is 36.4 Å². The average molecular weight is 469 g/mol. The van der Waals surface area contributed by atoms with Crippen LogP contribution in [0.25, 0.3) is 16.9 Å². The highest BCUT2D eigenvalue weighted by Gasteiger charge is 2.28. The van der Waals surface area contributed by atoms with E-state index < -0.39 is 0 Å². The van der Waals surface area contributed by atoms with E-state index >= 15 is 0 Å². The van der Waals surface area contributed by atoms with E-state index in [9.17, 15) is 4.79 Å². The van der Waals surface area contributed by atoms with Crippen LogP contribution in [0.3, 0.4) is 0 Å². The summed E-state index contributed by atoms with van der Waals surface area (Å²) in [7, 11) is 3.22. The van der Waals surface area contributed by atoms with Crippen LogP contribution in [0, 0.1) is 0 Å². The number of benzene rings is 3. The third-order valence-corrected chi connectivity index (χ3v) is 6.32. The molecule has 1 aliphatic heterocycles. The number of carbonyl (C=O) groups is 1. The fourth-order valence-electron chi connectivity index (χ4n) is 4.41. The first kappa shape index (κ1) is 22.5. The Morgan fingerprint density at radius 1 is 0.800 bits per heavy atom. The number of aromatic nitrogens is 2. The summed E-state index contributed by atoms with van der Waals surface area (Å²) in [6.07, 6.45) is 1.82.